The molecule has 0 aliphatic carbocycles. The quantitative estimate of drug-likeness (QED) is 0.574. The number of phenolic OH excluding ortho intramolecular Hbond substituents is 1. The summed E-state index contributed by atoms with van der Waals surface area (Å²) in [5, 5.41) is 23.7. The summed E-state index contributed by atoms with van der Waals surface area (Å²) in [7, 11) is 1.44. The van der Waals surface area contributed by atoms with Crippen LogP contribution in [-0.2, 0) is 4.79 Å². The van der Waals surface area contributed by atoms with Crippen molar-refractivity contribution >= 4 is 11.7 Å². The van der Waals surface area contributed by atoms with E-state index in [9.17, 15) is 9.90 Å². The summed E-state index contributed by atoms with van der Waals surface area (Å²) >= 11 is 0. The van der Waals surface area contributed by atoms with Gasteiger partial charge in [0.05, 0.1) is 7.11 Å². The predicted octanol–water partition coefficient (Wildman–Crippen LogP) is 1.33. The van der Waals surface area contributed by atoms with E-state index in [1.807, 2.05) is 0 Å². The molecule has 1 atom stereocenters. The highest BCUT2D eigenvalue weighted by Crippen LogP contribution is 2.35. The molecule has 0 bridgehead atoms. The summed E-state index contributed by atoms with van der Waals surface area (Å²) in [4.78, 5) is 16.3. The van der Waals surface area contributed by atoms with Crippen molar-refractivity contribution in [1.29, 1.82) is 5.26 Å². The third-order valence-corrected chi connectivity index (χ3v) is 3.31. The molecule has 1 aromatic carbocycles. The Morgan fingerprint density at radius 3 is 2.86 bits per heavy atom. The highest BCUT2D eigenvalue weighted by Gasteiger charge is 2.27. The number of carbonyl (C=O) groups excluding carboxylic acids is 1. The van der Waals surface area contributed by atoms with Crippen molar-refractivity contribution in [3.8, 4) is 17.7 Å². The number of rotatable bonds is 3. The van der Waals surface area contributed by atoms with Gasteiger partial charge in [0.1, 0.15) is 6.04 Å². The molecule has 114 valence electrons. The molecule has 7 nitrogen and oxygen atoms in total. The van der Waals surface area contributed by atoms with E-state index < -0.39 is 6.04 Å². The minimum atomic E-state index is -0.580. The number of phenols is 1. The molecule has 7 heteroatoms. The van der Waals surface area contributed by atoms with Gasteiger partial charge < -0.3 is 15.2 Å². The molecule has 0 spiro atoms. The Morgan fingerprint density at radius 2 is 2.27 bits per heavy atom. The molecular weight excluding hydrogens is 284 g/mol. The Balaban J connectivity index is 2.54. The first kappa shape index (κ1) is 15.4. The molecule has 2 rings (SSSR count). The van der Waals surface area contributed by atoms with Gasteiger partial charge in [-0.1, -0.05) is 6.07 Å². The summed E-state index contributed by atoms with van der Waals surface area (Å²) in [6, 6.07) is 4.19. The van der Waals surface area contributed by atoms with Crippen LogP contribution in [0.15, 0.2) is 34.5 Å². The number of Topliss-reactive ketones (excluding diaryl/α,β-unsaturated/α-hetero) is 1. The molecule has 3 N–H and O–H groups in total. The summed E-state index contributed by atoms with van der Waals surface area (Å²) in [5.74, 6) is 0.440. The third-order valence-electron chi connectivity index (χ3n) is 3.31. The van der Waals surface area contributed by atoms with Gasteiger partial charge in [-0.15, -0.1) is 0 Å². The molecule has 0 radical (unpaired) electrons. The largest absolute Gasteiger partial charge is 0.504 e. The fraction of sp³-hybridized carbons (Fsp3) is 0.267. The van der Waals surface area contributed by atoms with Crippen LogP contribution in [0, 0.1) is 11.5 Å². The highest BCUT2D eigenvalue weighted by atomic mass is 16.5. The van der Waals surface area contributed by atoms with E-state index in [1.54, 1.807) is 25.2 Å². The first-order chi connectivity index (χ1) is 10.5. The van der Waals surface area contributed by atoms with Crippen molar-refractivity contribution in [2.24, 2.45) is 4.99 Å². The standard InChI is InChI=1S/C15H16N4O3/c1-8-13(9(2)20)14(19-15(18-8)17-7-16)10-4-5-11(21)12(6-10)22-3/h4-6,14,21H,1-3H3,(H2,17,18,19)/t14-/m0/s1. The summed E-state index contributed by atoms with van der Waals surface area (Å²) < 4.78 is 5.09. The number of ether oxygens (including phenoxy) is 1. The van der Waals surface area contributed by atoms with E-state index in [-0.39, 0.29) is 17.5 Å². The molecule has 0 aromatic heterocycles. The fourth-order valence-electron chi connectivity index (χ4n) is 2.35. The lowest BCUT2D eigenvalue weighted by Gasteiger charge is -2.25. The van der Waals surface area contributed by atoms with Crippen molar-refractivity contribution in [2.45, 2.75) is 19.9 Å². The maximum atomic E-state index is 11.9. The third kappa shape index (κ3) is 2.86. The molecule has 1 heterocycles. The zero-order chi connectivity index (χ0) is 16.3. The molecule has 22 heavy (non-hydrogen) atoms. The van der Waals surface area contributed by atoms with Crippen molar-refractivity contribution < 1.29 is 14.6 Å². The first-order valence-electron chi connectivity index (χ1n) is 6.56. The number of hydrogen-bond donors (Lipinski definition) is 3. The summed E-state index contributed by atoms with van der Waals surface area (Å²) in [5.41, 5.74) is 1.80. The number of benzene rings is 1. The van der Waals surface area contributed by atoms with Crippen LogP contribution in [0.5, 0.6) is 11.5 Å². The maximum Gasteiger partial charge on any atom is 0.209 e. The van der Waals surface area contributed by atoms with Crippen molar-refractivity contribution in [2.75, 3.05) is 7.11 Å². The Hall–Kier alpha value is -3.01. The van der Waals surface area contributed by atoms with Crippen molar-refractivity contribution in [3.63, 3.8) is 0 Å². The average molecular weight is 300 g/mol. The Bertz CT molecular complexity index is 716. The normalized spacial score (nSPS) is 17.2. The molecule has 1 aliphatic heterocycles. The lowest BCUT2D eigenvalue weighted by Crippen LogP contribution is -2.38. The zero-order valence-corrected chi connectivity index (χ0v) is 12.5. The molecule has 0 saturated heterocycles. The number of hydrogen-bond acceptors (Lipinski definition) is 7. The number of ketones is 1. The molecular formula is C15H16N4O3. The SMILES string of the molecule is COc1cc([C@@H]2N=C(NC#N)NC(C)=C2C(C)=O)ccc1O. The van der Waals surface area contributed by atoms with Gasteiger partial charge in [0.2, 0.25) is 5.96 Å². The second-order valence-electron chi connectivity index (χ2n) is 4.77. The van der Waals surface area contributed by atoms with E-state index in [1.165, 1.54) is 20.1 Å². The fourth-order valence-corrected chi connectivity index (χ4v) is 2.35. The number of guanidine groups is 1. The number of nitrogens with one attached hydrogen (secondary N) is 2. The van der Waals surface area contributed by atoms with Crippen molar-refractivity contribution in [1.82, 2.24) is 10.6 Å². The number of nitriles is 1. The first-order valence-corrected chi connectivity index (χ1v) is 6.56. The topological polar surface area (TPSA) is 107 Å². The number of nitrogens with zero attached hydrogens (tertiary/aromatic N) is 2. The van der Waals surface area contributed by atoms with Gasteiger partial charge in [0.25, 0.3) is 0 Å². The molecule has 0 unspecified atom stereocenters. The lowest BCUT2D eigenvalue weighted by molar-refractivity contribution is -0.114. The molecule has 0 saturated carbocycles. The van der Waals surface area contributed by atoms with E-state index in [0.29, 0.717) is 22.6 Å². The van der Waals surface area contributed by atoms with Crippen LogP contribution in [0.1, 0.15) is 25.5 Å². The maximum absolute atomic E-state index is 11.9. The molecule has 1 aromatic rings. The van der Waals surface area contributed by atoms with Crippen LogP contribution in [0.25, 0.3) is 0 Å². The van der Waals surface area contributed by atoms with Gasteiger partial charge >= 0.3 is 0 Å². The average Bonchev–Trinajstić information content (AvgIpc) is 2.47. The Kier molecular flexibility index (Phi) is 4.32. The zero-order valence-electron chi connectivity index (χ0n) is 12.5. The summed E-state index contributed by atoms with van der Waals surface area (Å²) in [6.07, 6.45) is 1.79. The Labute approximate surface area is 127 Å². The number of aliphatic imine (C=N–C) groups is 1. The van der Waals surface area contributed by atoms with Crippen LogP contribution >= 0.6 is 0 Å². The number of allylic oxidation sites excluding steroid dienone is 1. The van der Waals surface area contributed by atoms with Gasteiger partial charge in [-0.05, 0) is 31.5 Å². The van der Waals surface area contributed by atoms with Crippen LogP contribution in [0.3, 0.4) is 0 Å². The van der Waals surface area contributed by atoms with E-state index in [2.05, 4.69) is 15.6 Å². The van der Waals surface area contributed by atoms with Gasteiger partial charge in [-0.25, -0.2) is 4.99 Å². The second-order valence-corrected chi connectivity index (χ2v) is 4.77. The number of aromatic hydroxyl groups is 1. The molecule has 0 fully saturated rings. The van der Waals surface area contributed by atoms with Gasteiger partial charge in [0.15, 0.2) is 23.5 Å². The predicted molar refractivity (Wildman–Crippen MR) is 80.1 cm³/mol. The van der Waals surface area contributed by atoms with Crippen molar-refractivity contribution in [3.05, 3.63) is 35.0 Å². The van der Waals surface area contributed by atoms with Crippen LogP contribution in [0.2, 0.25) is 0 Å². The minimum absolute atomic E-state index is 0.00427. The second kappa shape index (κ2) is 6.18. The van der Waals surface area contributed by atoms with Gasteiger partial charge in [-0.2, -0.15) is 5.26 Å². The van der Waals surface area contributed by atoms with E-state index in [0.717, 1.165) is 0 Å². The van der Waals surface area contributed by atoms with Crippen LogP contribution in [0.4, 0.5) is 0 Å². The Morgan fingerprint density at radius 1 is 1.55 bits per heavy atom. The molecule has 0 amide bonds. The monoisotopic (exact) mass is 300 g/mol. The van der Waals surface area contributed by atoms with Gasteiger partial charge in [-0.3, -0.25) is 10.1 Å². The summed E-state index contributed by atoms with van der Waals surface area (Å²) in [6.45, 7) is 3.21. The number of methoxy groups -OCH3 is 1. The van der Waals surface area contributed by atoms with Crippen LogP contribution in [-0.4, -0.2) is 24.0 Å². The lowest BCUT2D eigenvalue weighted by atomic mass is 9.93. The molecule has 1 aliphatic rings. The minimum Gasteiger partial charge on any atom is -0.504 e. The number of carbonyl (C=O) groups is 1. The highest BCUT2D eigenvalue weighted by molar-refractivity contribution is 5.98. The van der Waals surface area contributed by atoms with E-state index >= 15 is 0 Å². The van der Waals surface area contributed by atoms with Crippen LogP contribution < -0.4 is 15.4 Å². The van der Waals surface area contributed by atoms with Gasteiger partial charge in [0, 0.05) is 11.3 Å². The van der Waals surface area contributed by atoms with E-state index in [4.69, 9.17) is 10.00 Å². The smallest absolute Gasteiger partial charge is 0.209 e.